The average Bonchev–Trinajstić information content (AvgIpc) is 2.72. The standard InChI is InChI=1S/C23H22FNO4/c1-28-20-8-7-13(11-21(20)29-2)14-9-18-23(19(26)10-14)16(12-22(27)25-18)15-5-3-4-6-17(15)24/h3-8,11,14,16H,9-10,12H2,1-2H3,(H,25,27)/t14-,16-/m1/s1. The Hall–Kier alpha value is -3.15. The summed E-state index contributed by atoms with van der Waals surface area (Å²) in [5.41, 5.74) is 2.47. The monoisotopic (exact) mass is 395 g/mol. The van der Waals surface area contributed by atoms with Gasteiger partial charge in [-0.2, -0.15) is 0 Å². The molecule has 0 saturated heterocycles. The van der Waals surface area contributed by atoms with Crippen molar-refractivity contribution in [3.05, 3.63) is 70.7 Å². The smallest absolute Gasteiger partial charge is 0.225 e. The van der Waals surface area contributed by atoms with Gasteiger partial charge in [-0.1, -0.05) is 24.3 Å². The molecule has 1 amide bonds. The number of Topliss-reactive ketones (excluding diaryl/α,β-unsaturated/α-hetero) is 1. The number of benzene rings is 2. The van der Waals surface area contributed by atoms with Crippen LogP contribution in [0.25, 0.3) is 0 Å². The van der Waals surface area contributed by atoms with Gasteiger partial charge in [0.25, 0.3) is 0 Å². The Morgan fingerprint density at radius 1 is 0.966 bits per heavy atom. The first kappa shape index (κ1) is 19.2. The van der Waals surface area contributed by atoms with Gasteiger partial charge in [-0.05, 0) is 41.7 Å². The normalized spacial score (nSPS) is 21.5. The molecular formula is C23H22FNO4. The van der Waals surface area contributed by atoms with Crippen molar-refractivity contribution >= 4 is 11.7 Å². The summed E-state index contributed by atoms with van der Waals surface area (Å²) in [5, 5.41) is 2.86. The molecule has 6 heteroatoms. The fraction of sp³-hybridized carbons (Fsp3) is 0.304. The molecule has 0 saturated carbocycles. The number of hydrogen-bond donors (Lipinski definition) is 1. The van der Waals surface area contributed by atoms with Gasteiger partial charge in [-0.3, -0.25) is 9.59 Å². The van der Waals surface area contributed by atoms with Crippen LogP contribution < -0.4 is 14.8 Å². The van der Waals surface area contributed by atoms with Crippen LogP contribution in [-0.2, 0) is 9.59 Å². The van der Waals surface area contributed by atoms with Gasteiger partial charge < -0.3 is 14.8 Å². The van der Waals surface area contributed by atoms with Gasteiger partial charge in [0, 0.05) is 30.0 Å². The second-order valence-electron chi connectivity index (χ2n) is 7.36. The number of hydrogen-bond acceptors (Lipinski definition) is 4. The van der Waals surface area contributed by atoms with E-state index in [0.29, 0.717) is 41.2 Å². The van der Waals surface area contributed by atoms with E-state index in [4.69, 9.17) is 9.47 Å². The Morgan fingerprint density at radius 2 is 1.72 bits per heavy atom. The van der Waals surface area contributed by atoms with Gasteiger partial charge >= 0.3 is 0 Å². The van der Waals surface area contributed by atoms with E-state index in [0.717, 1.165) is 5.56 Å². The number of carbonyl (C=O) groups excluding carboxylic acids is 2. The second-order valence-corrected chi connectivity index (χ2v) is 7.36. The SMILES string of the molecule is COc1ccc([C@H]2CC(=O)C3=C(C2)NC(=O)C[C@@H]3c2ccccc2F)cc1OC. The Morgan fingerprint density at radius 3 is 2.45 bits per heavy atom. The molecule has 2 aliphatic rings. The summed E-state index contributed by atoms with van der Waals surface area (Å²) in [5.74, 6) is -0.0801. The van der Waals surface area contributed by atoms with E-state index in [1.165, 1.54) is 6.07 Å². The fourth-order valence-corrected chi connectivity index (χ4v) is 4.33. The Bertz CT molecular complexity index is 1010. The lowest BCUT2D eigenvalue weighted by molar-refractivity contribution is -0.122. The molecule has 0 aromatic heterocycles. The lowest BCUT2D eigenvalue weighted by atomic mass is 9.73. The highest BCUT2D eigenvalue weighted by Gasteiger charge is 2.39. The first-order valence-electron chi connectivity index (χ1n) is 9.54. The van der Waals surface area contributed by atoms with Gasteiger partial charge in [0.05, 0.1) is 14.2 Å². The van der Waals surface area contributed by atoms with Crippen molar-refractivity contribution in [3.63, 3.8) is 0 Å². The predicted octanol–water partition coefficient (Wildman–Crippen LogP) is 3.85. The van der Waals surface area contributed by atoms with Crippen LogP contribution in [0.15, 0.2) is 53.7 Å². The molecule has 0 unspecified atom stereocenters. The number of ketones is 1. The van der Waals surface area contributed by atoms with Crippen molar-refractivity contribution < 1.29 is 23.5 Å². The minimum atomic E-state index is -0.543. The molecule has 1 heterocycles. The third kappa shape index (κ3) is 3.50. The summed E-state index contributed by atoms with van der Waals surface area (Å²) in [6.45, 7) is 0. The van der Waals surface area contributed by atoms with Crippen LogP contribution in [0.3, 0.4) is 0 Å². The van der Waals surface area contributed by atoms with Gasteiger partial charge in [0.2, 0.25) is 5.91 Å². The molecule has 5 nitrogen and oxygen atoms in total. The van der Waals surface area contributed by atoms with E-state index in [2.05, 4.69) is 5.32 Å². The van der Waals surface area contributed by atoms with Crippen molar-refractivity contribution in [1.82, 2.24) is 5.32 Å². The van der Waals surface area contributed by atoms with Crippen LogP contribution in [-0.4, -0.2) is 25.9 Å². The number of ether oxygens (including phenoxy) is 2. The lowest BCUT2D eigenvalue weighted by Gasteiger charge is -2.34. The largest absolute Gasteiger partial charge is 0.493 e. The van der Waals surface area contributed by atoms with Crippen molar-refractivity contribution in [2.24, 2.45) is 0 Å². The molecular weight excluding hydrogens is 373 g/mol. The highest BCUT2D eigenvalue weighted by molar-refractivity contribution is 6.02. The quantitative estimate of drug-likeness (QED) is 0.854. The molecule has 1 N–H and O–H groups in total. The summed E-state index contributed by atoms with van der Waals surface area (Å²) in [6.07, 6.45) is 0.884. The van der Waals surface area contributed by atoms with Crippen LogP contribution in [0.5, 0.6) is 11.5 Å². The van der Waals surface area contributed by atoms with Crippen molar-refractivity contribution in [2.45, 2.75) is 31.1 Å². The number of rotatable bonds is 4. The number of carbonyl (C=O) groups is 2. The second kappa shape index (κ2) is 7.70. The van der Waals surface area contributed by atoms with E-state index in [1.54, 1.807) is 32.4 Å². The van der Waals surface area contributed by atoms with Crippen LogP contribution in [0.2, 0.25) is 0 Å². The molecule has 29 heavy (non-hydrogen) atoms. The highest BCUT2D eigenvalue weighted by Crippen LogP contribution is 2.44. The molecule has 4 rings (SSSR count). The van der Waals surface area contributed by atoms with E-state index < -0.39 is 11.7 Å². The van der Waals surface area contributed by atoms with Crippen LogP contribution in [0.4, 0.5) is 4.39 Å². The van der Waals surface area contributed by atoms with Crippen LogP contribution in [0.1, 0.15) is 42.2 Å². The van der Waals surface area contributed by atoms with E-state index in [1.807, 2.05) is 18.2 Å². The predicted molar refractivity (Wildman–Crippen MR) is 105 cm³/mol. The third-order valence-electron chi connectivity index (χ3n) is 5.70. The molecule has 0 radical (unpaired) electrons. The first-order chi connectivity index (χ1) is 14.0. The zero-order chi connectivity index (χ0) is 20.5. The Balaban J connectivity index is 1.71. The first-order valence-corrected chi connectivity index (χ1v) is 9.54. The lowest BCUT2D eigenvalue weighted by Crippen LogP contribution is -2.38. The maximum absolute atomic E-state index is 14.4. The molecule has 1 aliphatic carbocycles. The van der Waals surface area contributed by atoms with E-state index in [-0.39, 0.29) is 24.0 Å². The molecule has 1 aliphatic heterocycles. The van der Waals surface area contributed by atoms with Gasteiger partial charge in [-0.25, -0.2) is 4.39 Å². The Kier molecular flexibility index (Phi) is 5.09. The maximum atomic E-state index is 14.4. The molecule has 2 atom stereocenters. The highest BCUT2D eigenvalue weighted by atomic mass is 19.1. The number of nitrogens with one attached hydrogen (secondary N) is 1. The molecule has 0 fully saturated rings. The number of methoxy groups -OCH3 is 2. The summed E-state index contributed by atoms with van der Waals surface area (Å²) in [7, 11) is 3.13. The molecule has 150 valence electrons. The minimum absolute atomic E-state index is 0.0562. The summed E-state index contributed by atoms with van der Waals surface area (Å²) < 4.78 is 25.0. The minimum Gasteiger partial charge on any atom is -0.493 e. The van der Waals surface area contributed by atoms with Crippen LogP contribution >= 0.6 is 0 Å². The molecule has 0 spiro atoms. The summed E-state index contributed by atoms with van der Waals surface area (Å²) in [4.78, 5) is 25.4. The number of allylic oxidation sites excluding steroid dienone is 2. The number of halogens is 1. The summed E-state index contributed by atoms with van der Waals surface area (Å²) in [6, 6.07) is 11.9. The van der Waals surface area contributed by atoms with Gasteiger partial charge in [-0.15, -0.1) is 0 Å². The van der Waals surface area contributed by atoms with Crippen molar-refractivity contribution in [3.8, 4) is 11.5 Å². The maximum Gasteiger partial charge on any atom is 0.225 e. The Labute approximate surface area is 168 Å². The number of amides is 1. The van der Waals surface area contributed by atoms with Gasteiger partial charge in [0.15, 0.2) is 17.3 Å². The zero-order valence-corrected chi connectivity index (χ0v) is 16.3. The fourth-order valence-electron chi connectivity index (χ4n) is 4.33. The van der Waals surface area contributed by atoms with Crippen molar-refractivity contribution in [1.29, 1.82) is 0 Å². The van der Waals surface area contributed by atoms with E-state index >= 15 is 0 Å². The van der Waals surface area contributed by atoms with Gasteiger partial charge in [0.1, 0.15) is 5.82 Å². The zero-order valence-electron chi connectivity index (χ0n) is 16.3. The third-order valence-corrected chi connectivity index (χ3v) is 5.70. The molecule has 0 bridgehead atoms. The average molecular weight is 395 g/mol. The topological polar surface area (TPSA) is 64.6 Å². The molecule has 2 aromatic carbocycles. The van der Waals surface area contributed by atoms with E-state index in [9.17, 15) is 14.0 Å². The summed E-state index contributed by atoms with van der Waals surface area (Å²) >= 11 is 0. The van der Waals surface area contributed by atoms with Crippen molar-refractivity contribution in [2.75, 3.05) is 14.2 Å². The van der Waals surface area contributed by atoms with Crippen LogP contribution in [0, 0.1) is 5.82 Å². The molecule has 2 aromatic rings.